The molecule has 2 heterocycles. The fourth-order valence-electron chi connectivity index (χ4n) is 3.52. The number of pyridine rings is 1. The van der Waals surface area contributed by atoms with Crippen LogP contribution in [0.15, 0.2) is 59.6 Å². The number of nitro benzene ring substituents is 1. The van der Waals surface area contributed by atoms with E-state index in [9.17, 15) is 22.9 Å². The molecule has 0 saturated carbocycles. The molecule has 2 aromatic carbocycles. The molecule has 0 atom stereocenters. The van der Waals surface area contributed by atoms with E-state index in [0.717, 1.165) is 11.1 Å². The molecule has 1 aliphatic rings. The van der Waals surface area contributed by atoms with E-state index in [2.05, 4.69) is 4.98 Å². The van der Waals surface area contributed by atoms with Gasteiger partial charge in [-0.3, -0.25) is 15.1 Å². The third kappa shape index (κ3) is 3.52. The highest BCUT2D eigenvalue weighted by Crippen LogP contribution is 2.30. The Morgan fingerprint density at radius 3 is 2.48 bits per heavy atom. The van der Waals surface area contributed by atoms with Crippen molar-refractivity contribution in [1.82, 2.24) is 9.29 Å². The summed E-state index contributed by atoms with van der Waals surface area (Å²) in [4.78, 5) is 16.4. The molecule has 1 fully saturated rings. The Morgan fingerprint density at radius 2 is 1.76 bits per heavy atom. The van der Waals surface area contributed by atoms with Crippen molar-refractivity contribution in [3.63, 3.8) is 0 Å². The SMILES string of the molecule is O=[N+]([O-])c1ccccc1S(=O)(=O)N1CCN(c2ccnc3cc(F)ccc23)CC1. The van der Waals surface area contributed by atoms with Crippen molar-refractivity contribution in [2.45, 2.75) is 4.90 Å². The van der Waals surface area contributed by atoms with E-state index in [4.69, 9.17) is 0 Å². The average Bonchev–Trinajstić information content (AvgIpc) is 2.73. The lowest BCUT2D eigenvalue weighted by atomic mass is 10.1. The van der Waals surface area contributed by atoms with Gasteiger partial charge in [0.05, 0.1) is 10.4 Å². The van der Waals surface area contributed by atoms with Gasteiger partial charge in [-0.25, -0.2) is 12.8 Å². The first kappa shape index (κ1) is 19.2. The summed E-state index contributed by atoms with van der Waals surface area (Å²) in [6.45, 7) is 1.16. The Labute approximate surface area is 166 Å². The molecule has 3 aromatic rings. The molecule has 0 aliphatic carbocycles. The van der Waals surface area contributed by atoms with Gasteiger partial charge in [0.15, 0.2) is 4.90 Å². The molecule has 0 bridgehead atoms. The number of nitrogens with zero attached hydrogens (tertiary/aromatic N) is 4. The second kappa shape index (κ2) is 7.37. The minimum absolute atomic E-state index is 0.180. The number of benzene rings is 2. The van der Waals surface area contributed by atoms with Crippen LogP contribution in [-0.2, 0) is 10.0 Å². The number of sulfonamides is 1. The largest absolute Gasteiger partial charge is 0.368 e. The maximum atomic E-state index is 13.5. The number of rotatable bonds is 4. The maximum Gasteiger partial charge on any atom is 0.289 e. The van der Waals surface area contributed by atoms with Gasteiger partial charge in [0.2, 0.25) is 10.0 Å². The fraction of sp³-hybridized carbons (Fsp3) is 0.211. The predicted octanol–water partition coefficient (Wildman–Crippen LogP) is 2.79. The van der Waals surface area contributed by atoms with Crippen LogP contribution in [0.5, 0.6) is 0 Å². The van der Waals surface area contributed by atoms with Crippen molar-refractivity contribution in [2.75, 3.05) is 31.1 Å². The second-order valence-corrected chi connectivity index (χ2v) is 8.51. The van der Waals surface area contributed by atoms with Gasteiger partial charge in [0, 0.05) is 55.6 Å². The Balaban J connectivity index is 1.58. The molecule has 0 unspecified atom stereocenters. The third-order valence-corrected chi connectivity index (χ3v) is 6.89. The highest BCUT2D eigenvalue weighted by atomic mass is 32.2. The van der Waals surface area contributed by atoms with Crippen molar-refractivity contribution in [3.8, 4) is 0 Å². The Morgan fingerprint density at radius 1 is 1.03 bits per heavy atom. The summed E-state index contributed by atoms with van der Waals surface area (Å²) in [5, 5.41) is 12.0. The van der Waals surface area contributed by atoms with E-state index < -0.39 is 20.6 Å². The first-order chi connectivity index (χ1) is 13.9. The van der Waals surface area contributed by atoms with Gasteiger partial charge in [0.1, 0.15) is 5.82 Å². The number of fused-ring (bicyclic) bond motifs is 1. The smallest absolute Gasteiger partial charge is 0.289 e. The minimum Gasteiger partial charge on any atom is -0.368 e. The number of para-hydroxylation sites is 1. The normalized spacial score (nSPS) is 15.6. The van der Waals surface area contributed by atoms with Gasteiger partial charge in [-0.05, 0) is 24.3 Å². The van der Waals surface area contributed by atoms with Crippen LogP contribution < -0.4 is 4.90 Å². The van der Waals surface area contributed by atoms with Crippen LogP contribution in [-0.4, -0.2) is 48.8 Å². The monoisotopic (exact) mass is 416 g/mol. The lowest BCUT2D eigenvalue weighted by Gasteiger charge is -2.35. The van der Waals surface area contributed by atoms with Crippen LogP contribution in [0.4, 0.5) is 15.8 Å². The van der Waals surface area contributed by atoms with Crippen LogP contribution >= 0.6 is 0 Å². The topological polar surface area (TPSA) is 96.6 Å². The number of hydrogen-bond donors (Lipinski definition) is 0. The van der Waals surface area contributed by atoms with Crippen molar-refractivity contribution in [3.05, 3.63) is 70.7 Å². The molecule has 0 N–H and O–H groups in total. The number of hydrogen-bond acceptors (Lipinski definition) is 6. The summed E-state index contributed by atoms with van der Waals surface area (Å²) < 4.78 is 40.6. The lowest BCUT2D eigenvalue weighted by molar-refractivity contribution is -0.387. The highest BCUT2D eigenvalue weighted by molar-refractivity contribution is 7.89. The number of halogens is 1. The predicted molar refractivity (Wildman–Crippen MR) is 106 cm³/mol. The molecular weight excluding hydrogens is 399 g/mol. The summed E-state index contributed by atoms with van der Waals surface area (Å²) in [5.74, 6) is -0.373. The Hall–Kier alpha value is -3.11. The zero-order valence-corrected chi connectivity index (χ0v) is 16.0. The van der Waals surface area contributed by atoms with Gasteiger partial charge in [-0.2, -0.15) is 4.31 Å². The van der Waals surface area contributed by atoms with Crippen LogP contribution in [0.2, 0.25) is 0 Å². The molecule has 0 amide bonds. The molecule has 1 aliphatic heterocycles. The molecule has 0 spiro atoms. The minimum atomic E-state index is -3.99. The average molecular weight is 416 g/mol. The second-order valence-electron chi connectivity index (χ2n) is 6.61. The van der Waals surface area contributed by atoms with Crippen molar-refractivity contribution in [2.24, 2.45) is 0 Å². The van der Waals surface area contributed by atoms with Gasteiger partial charge in [0.25, 0.3) is 5.69 Å². The van der Waals surface area contributed by atoms with Crippen molar-refractivity contribution >= 4 is 32.3 Å². The number of nitro groups is 1. The number of anilines is 1. The lowest BCUT2D eigenvalue weighted by Crippen LogP contribution is -2.48. The Bertz CT molecular complexity index is 1190. The van der Waals surface area contributed by atoms with E-state index in [1.807, 2.05) is 11.0 Å². The summed E-state index contributed by atoms with van der Waals surface area (Å²) in [6.07, 6.45) is 1.59. The van der Waals surface area contributed by atoms with Gasteiger partial charge < -0.3 is 4.90 Å². The van der Waals surface area contributed by atoms with E-state index in [-0.39, 0.29) is 23.8 Å². The molecular formula is C19H17FN4O4S. The molecule has 0 radical (unpaired) electrons. The van der Waals surface area contributed by atoms with Gasteiger partial charge in [-0.1, -0.05) is 12.1 Å². The number of aromatic nitrogens is 1. The quantitative estimate of drug-likeness (QED) is 0.479. The van der Waals surface area contributed by atoms with E-state index in [1.54, 1.807) is 12.3 Å². The third-order valence-electron chi connectivity index (χ3n) is 4.94. The summed E-state index contributed by atoms with van der Waals surface area (Å²) in [6, 6.07) is 11.5. The maximum absolute atomic E-state index is 13.5. The van der Waals surface area contributed by atoms with E-state index >= 15 is 0 Å². The van der Waals surface area contributed by atoms with Crippen molar-refractivity contribution in [1.29, 1.82) is 0 Å². The van der Waals surface area contributed by atoms with Crippen LogP contribution in [0.1, 0.15) is 0 Å². The van der Waals surface area contributed by atoms with Crippen LogP contribution in [0, 0.1) is 15.9 Å². The summed E-state index contributed by atoms with van der Waals surface area (Å²) in [7, 11) is -3.99. The first-order valence-electron chi connectivity index (χ1n) is 8.91. The van der Waals surface area contributed by atoms with Crippen molar-refractivity contribution < 1.29 is 17.7 Å². The molecule has 4 rings (SSSR count). The fourth-order valence-corrected chi connectivity index (χ4v) is 5.10. The summed E-state index contributed by atoms with van der Waals surface area (Å²) in [5.41, 5.74) is 0.937. The molecule has 29 heavy (non-hydrogen) atoms. The van der Waals surface area contributed by atoms with Gasteiger partial charge in [-0.15, -0.1) is 0 Å². The molecule has 1 aromatic heterocycles. The van der Waals surface area contributed by atoms with Crippen LogP contribution in [0.25, 0.3) is 10.9 Å². The van der Waals surface area contributed by atoms with E-state index in [0.29, 0.717) is 18.6 Å². The zero-order valence-electron chi connectivity index (χ0n) is 15.2. The molecule has 10 heteroatoms. The molecule has 1 saturated heterocycles. The van der Waals surface area contributed by atoms with Crippen LogP contribution in [0.3, 0.4) is 0 Å². The number of piperazine rings is 1. The zero-order chi connectivity index (χ0) is 20.6. The molecule has 150 valence electrons. The Kier molecular flexibility index (Phi) is 4.89. The van der Waals surface area contributed by atoms with E-state index in [1.165, 1.54) is 40.7 Å². The van der Waals surface area contributed by atoms with Gasteiger partial charge >= 0.3 is 0 Å². The standard InChI is InChI=1S/C19H17FN4O4S/c20-14-5-6-15-16(13-14)21-8-7-17(15)22-9-11-23(12-10-22)29(27,28)19-4-2-1-3-18(19)24(25)26/h1-8,13H,9-12H2. The first-order valence-corrected chi connectivity index (χ1v) is 10.3. The highest BCUT2D eigenvalue weighted by Gasteiger charge is 2.33. The molecule has 8 nitrogen and oxygen atoms in total. The summed E-state index contributed by atoms with van der Waals surface area (Å²) >= 11 is 0.